The lowest BCUT2D eigenvalue weighted by Gasteiger charge is -2.68. The molecule has 0 aromatic heterocycles. The van der Waals surface area contributed by atoms with Gasteiger partial charge in [0.15, 0.2) is 0 Å². The molecule has 6 rings (SSSR count). The van der Waals surface area contributed by atoms with Crippen LogP contribution in [0.1, 0.15) is 78.1 Å². The SMILES string of the molecule is C[C@]12CC[C@H]3[C@@H](C[C@@H](N4CCCCC4)[C@@]4(O)C[C@](O)(Br)CC[C@]34C)[C@@H]1C[C@H](N1CC[N+](C)(C)CC1)[C@@H]2O. The Morgan fingerprint density at radius 2 is 1.51 bits per heavy atom. The van der Waals surface area contributed by atoms with E-state index in [2.05, 4.69) is 53.7 Å². The van der Waals surface area contributed by atoms with Gasteiger partial charge in [-0.2, -0.15) is 0 Å². The number of nitrogens with zero attached hydrogens (tertiary/aromatic N) is 3. The number of alkyl halides is 1. The van der Waals surface area contributed by atoms with Gasteiger partial charge in [0.1, 0.15) is 4.51 Å². The highest BCUT2D eigenvalue weighted by atomic mass is 79.9. The van der Waals surface area contributed by atoms with Crippen LogP contribution in [0, 0.1) is 28.6 Å². The van der Waals surface area contributed by atoms with E-state index in [0.717, 1.165) is 75.9 Å². The molecule has 6 nitrogen and oxygen atoms in total. The van der Waals surface area contributed by atoms with Crippen molar-refractivity contribution in [2.45, 2.75) is 106 Å². The number of aliphatic hydroxyl groups excluding tert-OH is 1. The fourth-order valence-corrected chi connectivity index (χ4v) is 11.2. The average Bonchev–Trinajstić information content (AvgIpc) is 3.11. The normalized spacial score (nSPS) is 54.8. The number of likely N-dealkylation sites (tertiary alicyclic amines) is 1. The van der Waals surface area contributed by atoms with Crippen LogP contribution in [-0.4, -0.2) is 111 Å². The Bertz CT molecular complexity index is 870. The zero-order valence-corrected chi connectivity index (χ0v) is 25.4. The van der Waals surface area contributed by atoms with E-state index in [0.29, 0.717) is 30.6 Å². The predicted octanol–water partition coefficient (Wildman–Crippen LogP) is 3.42. The first-order valence-corrected chi connectivity index (χ1v) is 16.2. The lowest BCUT2D eigenvalue weighted by Crippen LogP contribution is -2.73. The zero-order chi connectivity index (χ0) is 26.4. The number of halogens is 1. The van der Waals surface area contributed by atoms with Crippen molar-refractivity contribution in [3.05, 3.63) is 0 Å². The molecular weight excluding hydrogens is 530 g/mol. The van der Waals surface area contributed by atoms with Crippen LogP contribution in [0.15, 0.2) is 0 Å². The summed E-state index contributed by atoms with van der Waals surface area (Å²) in [5.74, 6) is 1.51. The van der Waals surface area contributed by atoms with Crippen molar-refractivity contribution < 1.29 is 19.8 Å². The van der Waals surface area contributed by atoms with E-state index in [-0.39, 0.29) is 29.0 Å². The Hall–Kier alpha value is 0.240. The first-order valence-electron chi connectivity index (χ1n) is 15.4. The molecule has 6 fully saturated rings. The monoisotopic (exact) mass is 582 g/mol. The molecule has 3 N–H and O–H groups in total. The molecule has 2 heterocycles. The third kappa shape index (κ3) is 4.23. The molecule has 212 valence electrons. The molecule has 2 saturated heterocycles. The summed E-state index contributed by atoms with van der Waals surface area (Å²) in [4.78, 5) is 5.23. The van der Waals surface area contributed by atoms with E-state index in [9.17, 15) is 15.3 Å². The van der Waals surface area contributed by atoms with Gasteiger partial charge in [-0.05, 0) is 87.6 Å². The van der Waals surface area contributed by atoms with Crippen LogP contribution in [0.5, 0.6) is 0 Å². The number of hydrogen-bond acceptors (Lipinski definition) is 5. The van der Waals surface area contributed by atoms with Crippen LogP contribution in [-0.2, 0) is 0 Å². The number of aliphatic hydroxyl groups is 3. The second-order valence-corrected chi connectivity index (χ2v) is 16.8. The topological polar surface area (TPSA) is 67.2 Å². The molecule has 2 aliphatic heterocycles. The van der Waals surface area contributed by atoms with Gasteiger partial charge in [-0.15, -0.1) is 0 Å². The molecule has 4 saturated carbocycles. The minimum atomic E-state index is -0.972. The van der Waals surface area contributed by atoms with Crippen LogP contribution >= 0.6 is 15.9 Å². The van der Waals surface area contributed by atoms with Crippen LogP contribution in [0.25, 0.3) is 0 Å². The van der Waals surface area contributed by atoms with Gasteiger partial charge < -0.3 is 19.8 Å². The van der Waals surface area contributed by atoms with Crippen LogP contribution in [0.4, 0.5) is 0 Å². The van der Waals surface area contributed by atoms with Crippen molar-refractivity contribution in [3.8, 4) is 0 Å². The molecule has 0 aromatic carbocycles. The van der Waals surface area contributed by atoms with E-state index in [4.69, 9.17) is 0 Å². The molecule has 7 heteroatoms. The maximum atomic E-state index is 12.7. The lowest BCUT2D eigenvalue weighted by atomic mass is 9.42. The summed E-state index contributed by atoms with van der Waals surface area (Å²) in [6, 6.07) is 0.366. The molecule has 0 amide bonds. The molecule has 0 bridgehead atoms. The number of hydrogen-bond donors (Lipinski definition) is 3. The number of quaternary nitrogens is 1. The smallest absolute Gasteiger partial charge is 0.122 e. The van der Waals surface area contributed by atoms with E-state index < -0.39 is 10.1 Å². The third-order valence-corrected chi connectivity index (χ3v) is 13.8. The second kappa shape index (κ2) is 9.12. The number of piperidine rings is 1. The van der Waals surface area contributed by atoms with Gasteiger partial charge in [0, 0.05) is 37.0 Å². The van der Waals surface area contributed by atoms with Gasteiger partial charge in [0.25, 0.3) is 0 Å². The van der Waals surface area contributed by atoms with E-state index in [1.165, 1.54) is 19.3 Å². The van der Waals surface area contributed by atoms with E-state index >= 15 is 0 Å². The second-order valence-electron chi connectivity index (χ2n) is 15.4. The van der Waals surface area contributed by atoms with Crippen molar-refractivity contribution in [2.75, 3.05) is 53.4 Å². The number of rotatable bonds is 2. The largest absolute Gasteiger partial charge is 0.391 e. The number of piperazine rings is 1. The van der Waals surface area contributed by atoms with Crippen molar-refractivity contribution in [1.82, 2.24) is 9.80 Å². The van der Waals surface area contributed by atoms with Gasteiger partial charge >= 0.3 is 0 Å². The van der Waals surface area contributed by atoms with Crippen molar-refractivity contribution in [2.24, 2.45) is 28.6 Å². The highest BCUT2D eigenvalue weighted by molar-refractivity contribution is 9.10. The summed E-state index contributed by atoms with van der Waals surface area (Å²) in [6.07, 6.45) is 9.73. The summed E-state index contributed by atoms with van der Waals surface area (Å²) in [6.45, 7) is 11.4. The number of fused-ring (bicyclic) bond motifs is 5. The first kappa shape index (κ1) is 27.4. The van der Waals surface area contributed by atoms with Crippen molar-refractivity contribution in [3.63, 3.8) is 0 Å². The highest BCUT2D eigenvalue weighted by Crippen LogP contribution is 2.69. The summed E-state index contributed by atoms with van der Waals surface area (Å²) in [5.41, 5.74) is -1.12. The third-order valence-electron chi connectivity index (χ3n) is 13.1. The molecular formula is C30H53BrN3O3+. The van der Waals surface area contributed by atoms with E-state index in [1.807, 2.05) is 0 Å². The van der Waals surface area contributed by atoms with Crippen LogP contribution in [0.3, 0.4) is 0 Å². The van der Waals surface area contributed by atoms with Crippen molar-refractivity contribution >= 4 is 15.9 Å². The molecule has 0 radical (unpaired) electrons. The van der Waals surface area contributed by atoms with Gasteiger partial charge in [-0.3, -0.25) is 9.80 Å². The predicted molar refractivity (Wildman–Crippen MR) is 150 cm³/mol. The molecule has 0 unspecified atom stereocenters. The summed E-state index contributed by atoms with van der Waals surface area (Å²) in [7, 11) is 4.66. The fourth-order valence-electron chi connectivity index (χ4n) is 10.6. The summed E-state index contributed by atoms with van der Waals surface area (Å²) < 4.78 is 0.111. The standard InChI is InChI=1S/C30H53BrN3O3/c1-27-9-8-22-21(23(27)19-24(26(27)35)32-14-16-34(3,4)17-15-32)18-25(33-12-6-5-7-13-33)30(37)20-29(31,36)11-10-28(22,30)2/h21-26,35-37H,5-20H2,1-4H3/q+1/t21-,22+,23+,24+,25-,26+,27+,28-,29+,30+/m1/s1. The molecule has 0 aromatic rings. The molecule has 10 atom stereocenters. The molecule has 6 aliphatic rings. The molecule has 4 aliphatic carbocycles. The first-order chi connectivity index (χ1) is 17.3. The van der Waals surface area contributed by atoms with Gasteiger partial charge in [0.2, 0.25) is 0 Å². The minimum absolute atomic E-state index is 0.0310. The molecule has 0 spiro atoms. The Balaban J connectivity index is 1.33. The summed E-state index contributed by atoms with van der Waals surface area (Å²) in [5, 5.41) is 35.8. The average molecular weight is 584 g/mol. The highest BCUT2D eigenvalue weighted by Gasteiger charge is 2.70. The van der Waals surface area contributed by atoms with Crippen LogP contribution < -0.4 is 0 Å². The molecule has 37 heavy (non-hydrogen) atoms. The Kier molecular flexibility index (Phi) is 6.76. The Labute approximate surface area is 233 Å². The zero-order valence-electron chi connectivity index (χ0n) is 23.8. The van der Waals surface area contributed by atoms with Gasteiger partial charge in [-0.1, -0.05) is 36.2 Å². The van der Waals surface area contributed by atoms with Crippen LogP contribution in [0.2, 0.25) is 0 Å². The Morgan fingerprint density at radius 3 is 2.19 bits per heavy atom. The minimum Gasteiger partial charge on any atom is -0.391 e. The fraction of sp³-hybridized carbons (Fsp3) is 1.00. The van der Waals surface area contributed by atoms with Gasteiger partial charge in [0.05, 0.1) is 38.9 Å². The number of likely N-dealkylation sites (N-methyl/N-ethyl adjacent to an activating group) is 1. The Morgan fingerprint density at radius 1 is 0.838 bits per heavy atom. The van der Waals surface area contributed by atoms with Gasteiger partial charge in [-0.25, -0.2) is 0 Å². The van der Waals surface area contributed by atoms with E-state index in [1.54, 1.807) is 0 Å². The lowest BCUT2D eigenvalue weighted by molar-refractivity contribution is -0.894. The quantitative estimate of drug-likeness (QED) is 0.344. The maximum absolute atomic E-state index is 12.7. The van der Waals surface area contributed by atoms with Crippen molar-refractivity contribution in [1.29, 1.82) is 0 Å². The summed E-state index contributed by atoms with van der Waals surface area (Å²) >= 11 is 3.61. The maximum Gasteiger partial charge on any atom is 0.122 e.